The van der Waals surface area contributed by atoms with Gasteiger partial charge in [0.05, 0.1) is 12.4 Å². The highest BCUT2D eigenvalue weighted by Gasteiger charge is 2.12. The summed E-state index contributed by atoms with van der Waals surface area (Å²) in [6.07, 6.45) is 3.55. The first kappa shape index (κ1) is 9.15. The number of rotatable bonds is 1. The van der Waals surface area contributed by atoms with E-state index < -0.39 is 0 Å². The molecule has 4 nitrogen and oxygen atoms in total. The standard InChI is InChI=1S/C12H12N4/c1-9-10-5-3-4-6-11(10)15(2)12(9)16-8-7-13-14-16/h3-8H,1-2H3. The van der Waals surface area contributed by atoms with Gasteiger partial charge in [-0.05, 0) is 13.0 Å². The molecule has 0 aliphatic rings. The van der Waals surface area contributed by atoms with Gasteiger partial charge >= 0.3 is 0 Å². The molecule has 4 heteroatoms. The summed E-state index contributed by atoms with van der Waals surface area (Å²) in [5.41, 5.74) is 2.44. The molecule has 2 heterocycles. The first-order chi connectivity index (χ1) is 7.79. The summed E-state index contributed by atoms with van der Waals surface area (Å²) in [5, 5.41) is 9.16. The molecule has 0 radical (unpaired) electrons. The van der Waals surface area contributed by atoms with Gasteiger partial charge in [0.2, 0.25) is 0 Å². The number of benzene rings is 1. The third kappa shape index (κ3) is 1.10. The van der Waals surface area contributed by atoms with Crippen LogP contribution >= 0.6 is 0 Å². The first-order valence-electron chi connectivity index (χ1n) is 5.20. The highest BCUT2D eigenvalue weighted by atomic mass is 15.4. The summed E-state index contributed by atoms with van der Waals surface area (Å²) in [6.45, 7) is 2.11. The van der Waals surface area contributed by atoms with Gasteiger partial charge < -0.3 is 4.57 Å². The van der Waals surface area contributed by atoms with Crippen LogP contribution in [-0.2, 0) is 7.05 Å². The van der Waals surface area contributed by atoms with Crippen molar-refractivity contribution in [2.75, 3.05) is 0 Å². The second-order valence-electron chi connectivity index (χ2n) is 3.87. The molecule has 0 amide bonds. The summed E-state index contributed by atoms with van der Waals surface area (Å²) in [7, 11) is 2.05. The highest BCUT2D eigenvalue weighted by Crippen LogP contribution is 2.26. The second-order valence-corrected chi connectivity index (χ2v) is 3.87. The maximum Gasteiger partial charge on any atom is 0.139 e. The van der Waals surface area contributed by atoms with E-state index in [1.807, 2.05) is 19.3 Å². The zero-order valence-corrected chi connectivity index (χ0v) is 9.25. The van der Waals surface area contributed by atoms with Crippen molar-refractivity contribution in [2.45, 2.75) is 6.92 Å². The minimum Gasteiger partial charge on any atom is -0.329 e. The molecule has 0 saturated heterocycles. The molecular formula is C12H12N4. The van der Waals surface area contributed by atoms with Crippen molar-refractivity contribution in [1.29, 1.82) is 0 Å². The van der Waals surface area contributed by atoms with Crippen molar-refractivity contribution in [1.82, 2.24) is 19.6 Å². The Balaban J connectivity index is 2.42. The predicted octanol–water partition coefficient (Wildman–Crippen LogP) is 2.07. The lowest BCUT2D eigenvalue weighted by Gasteiger charge is -2.03. The molecule has 16 heavy (non-hydrogen) atoms. The van der Waals surface area contributed by atoms with Crippen LogP contribution < -0.4 is 0 Å². The maximum absolute atomic E-state index is 4.05. The molecule has 0 aliphatic heterocycles. The van der Waals surface area contributed by atoms with Gasteiger partial charge in [-0.25, -0.2) is 4.68 Å². The molecule has 2 aromatic heterocycles. The number of aromatic nitrogens is 4. The number of hydrogen-bond donors (Lipinski definition) is 0. The fourth-order valence-corrected chi connectivity index (χ4v) is 2.22. The maximum atomic E-state index is 4.05. The summed E-state index contributed by atoms with van der Waals surface area (Å²) >= 11 is 0. The molecule has 1 aromatic carbocycles. The minimum atomic E-state index is 1.07. The van der Waals surface area contributed by atoms with Crippen LogP contribution in [0, 0.1) is 6.92 Å². The molecule has 80 valence electrons. The predicted molar refractivity (Wildman–Crippen MR) is 62.6 cm³/mol. The van der Waals surface area contributed by atoms with E-state index in [9.17, 15) is 0 Å². The number of fused-ring (bicyclic) bond motifs is 1. The second kappa shape index (κ2) is 3.20. The Hall–Kier alpha value is -2.10. The van der Waals surface area contributed by atoms with E-state index in [2.05, 4.69) is 40.0 Å². The Morgan fingerprint density at radius 1 is 1.19 bits per heavy atom. The van der Waals surface area contributed by atoms with Gasteiger partial charge in [-0.1, -0.05) is 23.4 Å². The largest absolute Gasteiger partial charge is 0.329 e. The molecule has 0 atom stereocenters. The SMILES string of the molecule is Cc1c(-n2ccnn2)n(C)c2ccccc12. The lowest BCUT2D eigenvalue weighted by molar-refractivity contribution is 0.740. The van der Waals surface area contributed by atoms with Crippen LogP contribution in [0.1, 0.15) is 5.56 Å². The zero-order chi connectivity index (χ0) is 11.1. The van der Waals surface area contributed by atoms with E-state index in [0.29, 0.717) is 0 Å². The molecule has 0 spiro atoms. The van der Waals surface area contributed by atoms with Crippen molar-refractivity contribution in [3.05, 3.63) is 42.2 Å². The zero-order valence-electron chi connectivity index (χ0n) is 9.25. The molecule has 3 aromatic rings. The fraction of sp³-hybridized carbons (Fsp3) is 0.167. The molecule has 0 saturated carbocycles. The lowest BCUT2D eigenvalue weighted by atomic mass is 10.2. The monoisotopic (exact) mass is 212 g/mol. The van der Waals surface area contributed by atoms with Gasteiger partial charge in [0.15, 0.2) is 0 Å². The van der Waals surface area contributed by atoms with Crippen molar-refractivity contribution in [3.8, 4) is 5.82 Å². The molecule has 3 rings (SSSR count). The summed E-state index contributed by atoms with van der Waals surface area (Å²) in [5.74, 6) is 1.07. The van der Waals surface area contributed by atoms with Crippen LogP contribution in [-0.4, -0.2) is 19.6 Å². The number of aryl methyl sites for hydroxylation is 2. The van der Waals surface area contributed by atoms with E-state index in [1.165, 1.54) is 16.5 Å². The quantitative estimate of drug-likeness (QED) is 0.619. The van der Waals surface area contributed by atoms with Gasteiger partial charge in [-0.2, -0.15) is 0 Å². The van der Waals surface area contributed by atoms with Crippen molar-refractivity contribution >= 4 is 10.9 Å². The molecule has 0 N–H and O–H groups in total. The van der Waals surface area contributed by atoms with Gasteiger partial charge in [-0.3, -0.25) is 0 Å². The normalized spacial score (nSPS) is 11.1. The molecule has 0 aliphatic carbocycles. The topological polar surface area (TPSA) is 35.6 Å². The molecular weight excluding hydrogens is 200 g/mol. The smallest absolute Gasteiger partial charge is 0.139 e. The van der Waals surface area contributed by atoms with Gasteiger partial charge in [0, 0.05) is 23.5 Å². The number of para-hydroxylation sites is 1. The third-order valence-electron chi connectivity index (χ3n) is 2.96. The van der Waals surface area contributed by atoms with Gasteiger partial charge in [0.1, 0.15) is 5.82 Å². The van der Waals surface area contributed by atoms with Crippen LogP contribution in [0.5, 0.6) is 0 Å². The van der Waals surface area contributed by atoms with Crippen molar-refractivity contribution in [2.24, 2.45) is 7.05 Å². The molecule has 0 fully saturated rings. The van der Waals surface area contributed by atoms with Crippen LogP contribution in [0.4, 0.5) is 0 Å². The minimum absolute atomic E-state index is 1.07. The Bertz CT molecular complexity index is 595. The van der Waals surface area contributed by atoms with Crippen molar-refractivity contribution in [3.63, 3.8) is 0 Å². The Labute approximate surface area is 93.1 Å². The van der Waals surface area contributed by atoms with Crippen LogP contribution in [0.3, 0.4) is 0 Å². The summed E-state index contributed by atoms with van der Waals surface area (Å²) in [6, 6.07) is 8.35. The number of nitrogens with zero attached hydrogens (tertiary/aromatic N) is 4. The molecule has 0 bridgehead atoms. The Morgan fingerprint density at radius 3 is 2.69 bits per heavy atom. The lowest BCUT2D eigenvalue weighted by Crippen LogP contribution is -2.03. The van der Waals surface area contributed by atoms with Crippen LogP contribution in [0.15, 0.2) is 36.7 Å². The first-order valence-corrected chi connectivity index (χ1v) is 5.20. The van der Waals surface area contributed by atoms with Crippen LogP contribution in [0.25, 0.3) is 16.7 Å². The van der Waals surface area contributed by atoms with E-state index in [4.69, 9.17) is 0 Å². The third-order valence-corrected chi connectivity index (χ3v) is 2.96. The van der Waals surface area contributed by atoms with E-state index in [1.54, 1.807) is 10.9 Å². The van der Waals surface area contributed by atoms with Gasteiger partial charge in [-0.15, -0.1) is 5.10 Å². The van der Waals surface area contributed by atoms with Gasteiger partial charge in [0.25, 0.3) is 0 Å². The highest BCUT2D eigenvalue weighted by molar-refractivity contribution is 5.87. The fourth-order valence-electron chi connectivity index (χ4n) is 2.22. The Morgan fingerprint density at radius 2 is 2.00 bits per heavy atom. The van der Waals surface area contributed by atoms with E-state index in [0.717, 1.165) is 5.82 Å². The average molecular weight is 212 g/mol. The Kier molecular flexibility index (Phi) is 1.83. The molecule has 0 unspecified atom stereocenters. The average Bonchev–Trinajstić information content (AvgIpc) is 2.89. The van der Waals surface area contributed by atoms with Crippen molar-refractivity contribution < 1.29 is 0 Å². The van der Waals surface area contributed by atoms with Crippen LogP contribution in [0.2, 0.25) is 0 Å². The summed E-state index contributed by atoms with van der Waals surface area (Å²) < 4.78 is 3.94. The van der Waals surface area contributed by atoms with E-state index >= 15 is 0 Å². The number of hydrogen-bond acceptors (Lipinski definition) is 2. The summed E-state index contributed by atoms with van der Waals surface area (Å²) in [4.78, 5) is 0. The van der Waals surface area contributed by atoms with E-state index in [-0.39, 0.29) is 0 Å².